The van der Waals surface area contributed by atoms with Crippen LogP contribution in [0.1, 0.15) is 6.42 Å². The Kier molecular flexibility index (Phi) is 12.1. The van der Waals surface area contributed by atoms with Crippen LogP contribution >= 0.6 is 11.8 Å². The summed E-state index contributed by atoms with van der Waals surface area (Å²) >= 11 is 0.542. The van der Waals surface area contributed by atoms with Crippen molar-refractivity contribution in [2.24, 2.45) is 5.16 Å². The number of oxime groups is 1. The fourth-order valence-corrected chi connectivity index (χ4v) is 3.10. The van der Waals surface area contributed by atoms with Crippen molar-refractivity contribution in [3.05, 3.63) is 12.7 Å². The van der Waals surface area contributed by atoms with E-state index in [0.717, 1.165) is 6.08 Å². The number of ether oxygens (including phenoxy) is 1. The maximum absolute atomic E-state index is 10.5. The molecule has 0 saturated carbocycles. The van der Waals surface area contributed by atoms with E-state index in [2.05, 4.69) is 16.0 Å². The van der Waals surface area contributed by atoms with Crippen LogP contribution in [0, 0.1) is 0 Å². The normalized spacial score (nSPS) is 31.8. The monoisotopic (exact) mass is 427 g/mol. The number of rotatable bonds is 7. The van der Waals surface area contributed by atoms with Crippen LogP contribution in [0.15, 0.2) is 17.8 Å². The minimum Gasteiger partial charge on any atom is -0.714 e. The number of aliphatic hydroxyl groups excluding tert-OH is 5. The maximum Gasteiger partial charge on any atom is 1.00 e. The van der Waals surface area contributed by atoms with Crippen LogP contribution in [-0.4, -0.2) is 86.1 Å². The number of thioether (sulfide) groups is 1. The summed E-state index contributed by atoms with van der Waals surface area (Å²) < 4.78 is 40.4. The third-order valence-corrected chi connectivity index (χ3v) is 4.38. The van der Waals surface area contributed by atoms with Gasteiger partial charge in [0.15, 0.2) is 0 Å². The van der Waals surface area contributed by atoms with Crippen LogP contribution in [0.4, 0.5) is 0 Å². The molecule has 25 heavy (non-hydrogen) atoms. The van der Waals surface area contributed by atoms with E-state index in [0.29, 0.717) is 11.8 Å². The number of hydrogen-bond acceptors (Lipinski definition) is 12. The summed E-state index contributed by atoms with van der Waals surface area (Å²) in [5.41, 5.74) is -1.28. The summed E-state index contributed by atoms with van der Waals surface area (Å²) in [6.07, 6.45) is -6.41. The third kappa shape index (κ3) is 8.61. The summed E-state index contributed by atoms with van der Waals surface area (Å²) in [5.74, 6) is 0. The molecule has 0 amide bonds. The van der Waals surface area contributed by atoms with Crippen LogP contribution in [0.2, 0.25) is 0 Å². The predicted molar refractivity (Wildman–Crippen MR) is 80.4 cm³/mol. The Morgan fingerprint density at radius 1 is 1.36 bits per heavy atom. The summed E-state index contributed by atoms with van der Waals surface area (Å²) in [4.78, 5) is 0. The van der Waals surface area contributed by atoms with Gasteiger partial charge in [-0.3, -0.25) is 4.28 Å². The molecule has 0 unspecified atom stereocenters. The van der Waals surface area contributed by atoms with E-state index in [4.69, 9.17) is 9.84 Å². The summed E-state index contributed by atoms with van der Waals surface area (Å²) in [6, 6.07) is 0. The van der Waals surface area contributed by atoms with E-state index in [1.165, 1.54) is 0 Å². The first kappa shape index (κ1) is 25.9. The summed E-state index contributed by atoms with van der Waals surface area (Å²) in [5, 5.41) is 50.7. The molecule has 0 aromatic rings. The minimum absolute atomic E-state index is 0. The molecule has 1 saturated heterocycles. The van der Waals surface area contributed by atoms with Gasteiger partial charge in [0.1, 0.15) is 34.9 Å². The van der Waals surface area contributed by atoms with Crippen LogP contribution in [0.3, 0.4) is 0 Å². The van der Waals surface area contributed by atoms with Gasteiger partial charge in [0.25, 0.3) is 10.4 Å². The molecule has 11 nitrogen and oxygen atoms in total. The fourth-order valence-electron chi connectivity index (χ4n) is 1.76. The second-order valence-corrected chi connectivity index (χ2v) is 6.93. The average molecular weight is 427 g/mol. The Hall–Kier alpha value is 0.866. The van der Waals surface area contributed by atoms with Gasteiger partial charge < -0.3 is 34.8 Å². The Labute approximate surface area is 191 Å². The van der Waals surface area contributed by atoms with Gasteiger partial charge in [0, 0.05) is 6.42 Å². The number of hydrogen-bond donors (Lipinski definition) is 5. The number of nitrogens with zero attached hydrogens (tertiary/aromatic N) is 1. The van der Waals surface area contributed by atoms with Crippen LogP contribution in [0.5, 0.6) is 0 Å². The predicted octanol–water partition coefficient (Wildman–Crippen LogP) is -5.75. The van der Waals surface area contributed by atoms with Crippen LogP contribution in [0.25, 0.3) is 0 Å². The molecule has 1 rings (SSSR count). The molecule has 0 aromatic carbocycles. The molecular weight excluding hydrogens is 409 g/mol. The summed E-state index contributed by atoms with van der Waals surface area (Å²) in [7, 11) is -5.14. The second kappa shape index (κ2) is 11.7. The molecule has 1 fully saturated rings. The zero-order valence-corrected chi connectivity index (χ0v) is 18.0. The smallest absolute Gasteiger partial charge is 0.714 e. The van der Waals surface area contributed by atoms with Gasteiger partial charge in [-0.25, -0.2) is 0 Å². The zero-order valence-electron chi connectivity index (χ0n) is 13.2. The zero-order chi connectivity index (χ0) is 18.5. The van der Waals surface area contributed by atoms with E-state index in [1.807, 2.05) is 0 Å². The van der Waals surface area contributed by atoms with E-state index in [1.54, 1.807) is 0 Å². The van der Waals surface area contributed by atoms with E-state index >= 15 is 0 Å². The second-order valence-electron chi connectivity index (χ2n) is 4.79. The largest absolute Gasteiger partial charge is 1.00 e. The van der Waals surface area contributed by atoms with Gasteiger partial charge in [-0.2, -0.15) is 8.42 Å². The molecule has 0 aromatic heterocycles. The Morgan fingerprint density at radius 3 is 2.44 bits per heavy atom. The van der Waals surface area contributed by atoms with Crippen molar-refractivity contribution in [2.45, 2.75) is 42.4 Å². The molecule has 1 aliphatic heterocycles. The molecule has 140 valence electrons. The maximum atomic E-state index is 10.5. The van der Waals surface area contributed by atoms with Crippen molar-refractivity contribution < 1.29 is 98.9 Å². The molecular formula is C11H18KNO10S2. The molecule has 0 radical (unpaired) electrons. The van der Waals surface area contributed by atoms with Gasteiger partial charge in [0.2, 0.25) is 0 Å². The Balaban J connectivity index is 0.00000576. The molecule has 1 heterocycles. The van der Waals surface area contributed by atoms with Crippen molar-refractivity contribution in [1.29, 1.82) is 0 Å². The van der Waals surface area contributed by atoms with E-state index < -0.39 is 53.0 Å². The topological polar surface area (TPSA) is 189 Å². The molecule has 1 aliphatic rings. The fraction of sp³-hybridized carbons (Fsp3) is 0.727. The molecule has 0 aliphatic carbocycles. The van der Waals surface area contributed by atoms with Gasteiger partial charge in [-0.05, 0) is 0 Å². The van der Waals surface area contributed by atoms with Crippen molar-refractivity contribution >= 4 is 27.2 Å². The summed E-state index contributed by atoms with van der Waals surface area (Å²) in [6.45, 7) is 2.65. The first-order chi connectivity index (χ1) is 11.1. The van der Waals surface area contributed by atoms with Crippen molar-refractivity contribution in [2.75, 3.05) is 6.61 Å². The minimum atomic E-state index is -5.14. The molecule has 0 spiro atoms. The quantitative estimate of drug-likeness (QED) is 0.0495. The van der Waals surface area contributed by atoms with Crippen molar-refractivity contribution in [1.82, 2.24) is 0 Å². The standard InChI is InChI=1S/C11H19NO10S2.K/c1-2-5(14)3-7(12-22-24(18,19)20)23-11-10(17)9(16)8(15)6(4-13)21-11;/h2,5-6,8-11,13-17H,1,3-4H2,(H,18,19,20);/q;+1/p-1/b12-7-;/t5-,6+,8+,9-,10+,11-;/m0./s1. The first-order valence-corrected chi connectivity index (χ1v) is 8.79. The van der Waals surface area contributed by atoms with Gasteiger partial charge in [0.05, 0.1) is 12.7 Å². The van der Waals surface area contributed by atoms with Crippen LogP contribution in [-0.2, 0) is 19.4 Å². The van der Waals surface area contributed by atoms with Crippen molar-refractivity contribution in [3.8, 4) is 0 Å². The molecule has 0 bridgehead atoms. The molecule has 6 atom stereocenters. The van der Waals surface area contributed by atoms with Crippen molar-refractivity contribution in [3.63, 3.8) is 0 Å². The number of aliphatic hydroxyl groups is 5. The van der Waals surface area contributed by atoms with Crippen LogP contribution < -0.4 is 51.4 Å². The van der Waals surface area contributed by atoms with E-state index in [-0.39, 0.29) is 62.8 Å². The SMILES string of the molecule is C=C[C@H](O)C/C(=N/OS(=O)(=O)[O-])S[C@@H]1O[C@H](CO)[C@@H](O)[C@H](O)[C@H]1O.[K+]. The molecule has 14 heteroatoms. The Bertz CT molecular complexity index is 557. The van der Waals surface area contributed by atoms with Gasteiger partial charge in [-0.1, -0.05) is 23.0 Å². The van der Waals surface area contributed by atoms with Gasteiger partial charge in [-0.15, -0.1) is 6.58 Å². The average Bonchev–Trinajstić information content (AvgIpc) is 2.52. The third-order valence-electron chi connectivity index (χ3n) is 2.99. The van der Waals surface area contributed by atoms with E-state index in [9.17, 15) is 33.4 Å². The Morgan fingerprint density at radius 2 is 1.96 bits per heavy atom. The van der Waals surface area contributed by atoms with Gasteiger partial charge >= 0.3 is 51.4 Å². The molecule has 5 N–H and O–H groups in total. The first-order valence-electron chi connectivity index (χ1n) is 6.58.